The number of amides is 3. The lowest BCUT2D eigenvalue weighted by molar-refractivity contribution is -0.143. The minimum atomic E-state index is -0.814. The number of carbonyl (C=O) groups excluding carboxylic acids is 3. The largest absolute Gasteiger partial charge is 0.394 e. The maximum absolute atomic E-state index is 14.0. The standard InChI is InChI=1S/C27H38N4O5/c1-3-18-9-10-20-23(22(18)25(33)28-2)27(35)31(21(17-32)19-7-5-4-6-8-19)24(20)26(34)29-11-12-30-13-15-36-16-14-30/h4-10,18,20-24,32H,3,11-17H2,1-2H3,(H,28,33)(H,29,34)/t18-,20+,21-,22-,23-,24+/m1/s1. The molecule has 0 spiro atoms. The Hall–Kier alpha value is -2.75. The number of fused-ring (bicyclic) bond motifs is 1. The van der Waals surface area contributed by atoms with Crippen molar-refractivity contribution >= 4 is 17.7 Å². The van der Waals surface area contributed by atoms with Crippen LogP contribution in [0.1, 0.15) is 24.9 Å². The van der Waals surface area contributed by atoms with E-state index < -0.39 is 29.8 Å². The third kappa shape index (κ3) is 5.19. The summed E-state index contributed by atoms with van der Waals surface area (Å²) >= 11 is 0. The van der Waals surface area contributed by atoms with Crippen molar-refractivity contribution in [1.29, 1.82) is 0 Å². The maximum atomic E-state index is 14.0. The van der Waals surface area contributed by atoms with Crippen LogP contribution in [0.3, 0.4) is 0 Å². The number of allylic oxidation sites excluding steroid dienone is 1. The van der Waals surface area contributed by atoms with Crippen molar-refractivity contribution in [2.24, 2.45) is 23.7 Å². The summed E-state index contributed by atoms with van der Waals surface area (Å²) in [6, 6.07) is 7.78. The average Bonchev–Trinajstić information content (AvgIpc) is 3.21. The second kappa shape index (κ2) is 12.0. The smallest absolute Gasteiger partial charge is 0.243 e. The summed E-state index contributed by atoms with van der Waals surface area (Å²) in [4.78, 5) is 44.5. The Bertz CT molecular complexity index is 949. The highest BCUT2D eigenvalue weighted by Crippen LogP contribution is 2.47. The number of nitrogens with one attached hydrogen (secondary N) is 2. The lowest BCUT2D eigenvalue weighted by Crippen LogP contribution is -2.50. The van der Waals surface area contributed by atoms with Crippen molar-refractivity contribution in [2.45, 2.75) is 25.4 Å². The zero-order valence-electron chi connectivity index (χ0n) is 21.1. The molecular formula is C27H38N4O5. The highest BCUT2D eigenvalue weighted by molar-refractivity contribution is 5.97. The maximum Gasteiger partial charge on any atom is 0.243 e. The first-order valence-corrected chi connectivity index (χ1v) is 13.0. The summed E-state index contributed by atoms with van der Waals surface area (Å²) in [5.74, 6) is -2.48. The molecule has 9 nitrogen and oxygen atoms in total. The van der Waals surface area contributed by atoms with Gasteiger partial charge in [0.15, 0.2) is 0 Å². The molecule has 3 N–H and O–H groups in total. The molecule has 3 aliphatic rings. The van der Waals surface area contributed by atoms with Gasteiger partial charge in [-0.2, -0.15) is 0 Å². The highest BCUT2D eigenvalue weighted by atomic mass is 16.5. The van der Waals surface area contributed by atoms with Gasteiger partial charge in [0.25, 0.3) is 0 Å². The molecule has 0 bridgehead atoms. The third-order valence-electron chi connectivity index (χ3n) is 7.86. The van der Waals surface area contributed by atoms with Crippen LogP contribution in [0.15, 0.2) is 42.5 Å². The van der Waals surface area contributed by atoms with Gasteiger partial charge < -0.3 is 25.4 Å². The number of carbonyl (C=O) groups is 3. The molecule has 2 heterocycles. The van der Waals surface area contributed by atoms with Crippen molar-refractivity contribution in [3.8, 4) is 0 Å². The lowest BCUT2D eigenvalue weighted by Gasteiger charge is -2.34. The number of nitrogens with zero attached hydrogens (tertiary/aromatic N) is 2. The van der Waals surface area contributed by atoms with Crippen LogP contribution in [0, 0.1) is 23.7 Å². The van der Waals surface area contributed by atoms with Gasteiger partial charge in [0.2, 0.25) is 17.7 Å². The van der Waals surface area contributed by atoms with Gasteiger partial charge in [-0.3, -0.25) is 19.3 Å². The second-order valence-electron chi connectivity index (χ2n) is 9.74. The molecule has 1 aromatic carbocycles. The van der Waals surface area contributed by atoms with Crippen LogP contribution < -0.4 is 10.6 Å². The molecule has 2 fully saturated rings. The quantitative estimate of drug-likeness (QED) is 0.430. The molecule has 9 heteroatoms. The van der Waals surface area contributed by atoms with Gasteiger partial charge in [-0.15, -0.1) is 0 Å². The molecule has 0 unspecified atom stereocenters. The van der Waals surface area contributed by atoms with E-state index in [1.165, 1.54) is 4.90 Å². The van der Waals surface area contributed by atoms with E-state index in [9.17, 15) is 19.5 Å². The van der Waals surface area contributed by atoms with E-state index in [-0.39, 0.29) is 30.2 Å². The van der Waals surface area contributed by atoms with Gasteiger partial charge in [-0.25, -0.2) is 0 Å². The van der Waals surface area contributed by atoms with Crippen molar-refractivity contribution in [3.63, 3.8) is 0 Å². The first-order chi connectivity index (χ1) is 17.5. The van der Waals surface area contributed by atoms with Gasteiger partial charge in [-0.1, -0.05) is 49.4 Å². The summed E-state index contributed by atoms with van der Waals surface area (Å²) in [6.45, 7) is 5.83. The number of aliphatic hydroxyl groups excluding tert-OH is 1. The normalized spacial score (nSPS) is 29.0. The first-order valence-electron chi connectivity index (χ1n) is 13.0. The number of likely N-dealkylation sites (tertiary alicyclic amines) is 1. The van der Waals surface area contributed by atoms with E-state index in [2.05, 4.69) is 15.5 Å². The fourth-order valence-corrected chi connectivity index (χ4v) is 5.99. The van der Waals surface area contributed by atoms with E-state index in [1.54, 1.807) is 7.05 Å². The number of aliphatic hydroxyl groups is 1. The fraction of sp³-hybridized carbons (Fsp3) is 0.593. The van der Waals surface area contributed by atoms with E-state index in [1.807, 2.05) is 49.4 Å². The van der Waals surface area contributed by atoms with Crippen molar-refractivity contribution in [1.82, 2.24) is 20.4 Å². The van der Waals surface area contributed by atoms with Crippen LogP contribution >= 0.6 is 0 Å². The van der Waals surface area contributed by atoms with Crippen LogP contribution in [0.2, 0.25) is 0 Å². The SMILES string of the molecule is CC[C@@H]1C=C[C@H]2[C@@H](C(=O)N([C@H](CO)c3ccccc3)[C@@H]2C(=O)NCCN2CCOCC2)[C@@H]1C(=O)NC. The Labute approximate surface area is 212 Å². The fourth-order valence-electron chi connectivity index (χ4n) is 5.99. The van der Waals surface area contributed by atoms with Crippen LogP contribution in [0.25, 0.3) is 0 Å². The summed E-state index contributed by atoms with van der Waals surface area (Å²) in [7, 11) is 1.58. The number of hydrogen-bond donors (Lipinski definition) is 3. The van der Waals surface area contributed by atoms with Crippen LogP contribution in [-0.4, -0.2) is 91.7 Å². The highest BCUT2D eigenvalue weighted by Gasteiger charge is 2.58. The molecule has 0 saturated carbocycles. The van der Waals surface area contributed by atoms with Gasteiger partial charge in [0, 0.05) is 39.1 Å². The minimum absolute atomic E-state index is 0.0931. The Balaban J connectivity index is 1.64. The number of morpholine rings is 1. The van der Waals surface area contributed by atoms with Gasteiger partial charge in [0.1, 0.15) is 6.04 Å². The Kier molecular flexibility index (Phi) is 8.77. The minimum Gasteiger partial charge on any atom is -0.394 e. The van der Waals surface area contributed by atoms with Gasteiger partial charge in [-0.05, 0) is 17.9 Å². The molecule has 6 atom stereocenters. The first kappa shape index (κ1) is 26.3. The predicted molar refractivity (Wildman–Crippen MR) is 135 cm³/mol. The summed E-state index contributed by atoms with van der Waals surface area (Å²) < 4.78 is 5.39. The molecule has 3 amide bonds. The summed E-state index contributed by atoms with van der Waals surface area (Å²) in [5.41, 5.74) is 0.755. The van der Waals surface area contributed by atoms with Crippen LogP contribution in [0.4, 0.5) is 0 Å². The van der Waals surface area contributed by atoms with E-state index in [0.717, 1.165) is 18.7 Å². The zero-order valence-corrected chi connectivity index (χ0v) is 21.1. The molecule has 36 heavy (non-hydrogen) atoms. The van der Waals surface area contributed by atoms with E-state index in [0.29, 0.717) is 32.7 Å². The molecule has 2 saturated heterocycles. The molecule has 196 valence electrons. The molecular weight excluding hydrogens is 460 g/mol. The number of ether oxygens (including phenoxy) is 1. The number of rotatable bonds is 9. The lowest BCUT2D eigenvalue weighted by atomic mass is 9.69. The summed E-state index contributed by atoms with van der Waals surface area (Å²) in [5, 5.41) is 16.2. The molecule has 2 aliphatic heterocycles. The second-order valence-corrected chi connectivity index (χ2v) is 9.74. The Morgan fingerprint density at radius 1 is 1.14 bits per heavy atom. The van der Waals surface area contributed by atoms with Gasteiger partial charge in [0.05, 0.1) is 37.7 Å². The van der Waals surface area contributed by atoms with E-state index in [4.69, 9.17) is 4.74 Å². The topological polar surface area (TPSA) is 111 Å². The zero-order chi connectivity index (χ0) is 25.7. The Morgan fingerprint density at radius 2 is 1.86 bits per heavy atom. The molecule has 1 aliphatic carbocycles. The number of benzene rings is 1. The Morgan fingerprint density at radius 3 is 2.50 bits per heavy atom. The monoisotopic (exact) mass is 498 g/mol. The molecule has 0 radical (unpaired) electrons. The van der Waals surface area contributed by atoms with Crippen LogP contribution in [0.5, 0.6) is 0 Å². The average molecular weight is 499 g/mol. The van der Waals surface area contributed by atoms with Crippen molar-refractivity contribution in [2.75, 3.05) is 53.0 Å². The predicted octanol–water partition coefficient (Wildman–Crippen LogP) is 0.570. The van der Waals surface area contributed by atoms with Crippen molar-refractivity contribution < 1.29 is 24.2 Å². The molecule has 0 aromatic heterocycles. The molecule has 1 aromatic rings. The number of hydrogen-bond acceptors (Lipinski definition) is 6. The van der Waals surface area contributed by atoms with E-state index >= 15 is 0 Å². The van der Waals surface area contributed by atoms with Gasteiger partial charge >= 0.3 is 0 Å². The molecule has 4 rings (SSSR count). The van der Waals surface area contributed by atoms with Crippen LogP contribution in [-0.2, 0) is 19.1 Å². The summed E-state index contributed by atoms with van der Waals surface area (Å²) in [6.07, 6.45) is 4.65. The van der Waals surface area contributed by atoms with Crippen molar-refractivity contribution in [3.05, 3.63) is 48.0 Å². The third-order valence-corrected chi connectivity index (χ3v) is 7.86.